The number of nitrogens with zero attached hydrogens (tertiary/aromatic N) is 2. The zero-order valence-corrected chi connectivity index (χ0v) is 20.1. The number of nitrogens with one attached hydrogen (secondary N) is 1. The van der Waals surface area contributed by atoms with Gasteiger partial charge in [0.2, 0.25) is 0 Å². The minimum atomic E-state index is -3.17. The summed E-state index contributed by atoms with van der Waals surface area (Å²) in [5, 5.41) is 3.31. The molecule has 0 aromatic heterocycles. The zero-order chi connectivity index (χ0) is 19.9. The number of benzene rings is 2. The van der Waals surface area contributed by atoms with Gasteiger partial charge in [0, 0.05) is 26.4 Å². The molecule has 0 heterocycles. The first kappa shape index (κ1) is 24.4. The van der Waals surface area contributed by atoms with Crippen LogP contribution in [-0.2, 0) is 29.3 Å². The summed E-state index contributed by atoms with van der Waals surface area (Å²) in [5.74, 6) is 0.823. The van der Waals surface area contributed by atoms with Crippen LogP contribution in [-0.4, -0.2) is 39.1 Å². The first-order chi connectivity index (χ1) is 12.8. The quantitative estimate of drug-likeness (QED) is 0.346. The first-order valence-electron chi connectivity index (χ1n) is 9.19. The Labute approximate surface area is 186 Å². The second-order valence-electron chi connectivity index (χ2n) is 6.61. The van der Waals surface area contributed by atoms with Gasteiger partial charge in [0.15, 0.2) is 15.8 Å². The van der Waals surface area contributed by atoms with Crippen LogP contribution in [0, 0.1) is 0 Å². The maximum absolute atomic E-state index is 11.6. The third kappa shape index (κ3) is 7.43. The molecule has 0 saturated carbocycles. The average Bonchev–Trinajstić information content (AvgIpc) is 2.65. The molecule has 1 N–H and O–H groups in total. The van der Waals surface area contributed by atoms with Gasteiger partial charge in [0.25, 0.3) is 0 Å². The highest BCUT2D eigenvalue weighted by molar-refractivity contribution is 14.0. The molecule has 0 aliphatic heterocycles. The number of rotatable bonds is 7. The molecule has 154 valence electrons. The molecule has 0 saturated heterocycles. The van der Waals surface area contributed by atoms with Crippen LogP contribution in [0.2, 0.25) is 0 Å². The highest BCUT2D eigenvalue weighted by Gasteiger charge is 2.08. The number of hydrogen-bond donors (Lipinski definition) is 1. The predicted octanol–water partition coefficient (Wildman–Crippen LogP) is 3.87. The molecular formula is C21H30IN3O2S. The first-order valence-corrected chi connectivity index (χ1v) is 11.1. The van der Waals surface area contributed by atoms with E-state index in [9.17, 15) is 8.42 Å². The Balaban J connectivity index is 0.00000392. The van der Waals surface area contributed by atoms with Gasteiger partial charge in [0.1, 0.15) is 0 Å². The molecule has 5 nitrogen and oxygen atoms in total. The highest BCUT2D eigenvalue weighted by atomic mass is 127. The third-order valence-electron chi connectivity index (χ3n) is 4.31. The topological polar surface area (TPSA) is 61.8 Å². The summed E-state index contributed by atoms with van der Waals surface area (Å²) in [6.07, 6.45) is 2.25. The largest absolute Gasteiger partial charge is 0.357 e. The van der Waals surface area contributed by atoms with Crippen molar-refractivity contribution in [1.29, 1.82) is 0 Å². The molecule has 0 aliphatic rings. The molecule has 7 heteroatoms. The Hall–Kier alpha value is -1.61. The lowest BCUT2D eigenvalue weighted by atomic mass is 10.1. The van der Waals surface area contributed by atoms with Crippen molar-refractivity contribution in [2.24, 2.45) is 4.99 Å². The van der Waals surface area contributed by atoms with Crippen LogP contribution >= 0.6 is 24.0 Å². The normalized spacial score (nSPS) is 11.6. The van der Waals surface area contributed by atoms with Gasteiger partial charge in [-0.25, -0.2) is 13.4 Å². The molecule has 0 bridgehead atoms. The Kier molecular flexibility index (Phi) is 9.95. The van der Waals surface area contributed by atoms with Gasteiger partial charge in [-0.3, -0.25) is 0 Å². The monoisotopic (exact) mass is 515 g/mol. The van der Waals surface area contributed by atoms with Crippen LogP contribution in [0.4, 0.5) is 0 Å². The summed E-state index contributed by atoms with van der Waals surface area (Å²) in [4.78, 5) is 7.11. The lowest BCUT2D eigenvalue weighted by Gasteiger charge is -2.22. The van der Waals surface area contributed by atoms with Gasteiger partial charge >= 0.3 is 0 Å². The molecule has 0 unspecified atom stereocenters. The number of sulfone groups is 1. The van der Waals surface area contributed by atoms with Gasteiger partial charge in [-0.15, -0.1) is 24.0 Å². The van der Waals surface area contributed by atoms with Gasteiger partial charge in [-0.05, 0) is 42.2 Å². The Morgan fingerprint density at radius 2 is 1.50 bits per heavy atom. The fraction of sp³-hybridized carbons (Fsp3) is 0.381. The summed E-state index contributed by atoms with van der Waals surface area (Å²) < 4.78 is 23.1. The minimum absolute atomic E-state index is 0. The molecule has 0 atom stereocenters. The fourth-order valence-electron chi connectivity index (χ4n) is 2.71. The van der Waals surface area contributed by atoms with Gasteiger partial charge in [0.05, 0.1) is 11.4 Å². The molecule has 0 spiro atoms. The molecular weight excluding hydrogens is 485 g/mol. The number of hydrogen-bond acceptors (Lipinski definition) is 3. The fourth-order valence-corrected chi connectivity index (χ4v) is 3.34. The lowest BCUT2D eigenvalue weighted by Crippen LogP contribution is -2.38. The van der Waals surface area contributed by atoms with E-state index in [0.29, 0.717) is 11.4 Å². The van der Waals surface area contributed by atoms with Gasteiger partial charge in [-0.1, -0.05) is 43.3 Å². The lowest BCUT2D eigenvalue weighted by molar-refractivity contribution is 0.476. The number of guanidine groups is 1. The molecule has 0 radical (unpaired) electrons. The van der Waals surface area contributed by atoms with Crippen LogP contribution in [0.3, 0.4) is 0 Å². The number of aliphatic imine (C=N–C) groups is 1. The molecule has 2 aromatic rings. The van der Waals surface area contributed by atoms with E-state index in [1.165, 1.54) is 17.4 Å². The maximum atomic E-state index is 11.6. The molecule has 28 heavy (non-hydrogen) atoms. The predicted molar refractivity (Wildman–Crippen MR) is 127 cm³/mol. The van der Waals surface area contributed by atoms with E-state index in [2.05, 4.69) is 46.4 Å². The van der Waals surface area contributed by atoms with Crippen molar-refractivity contribution in [3.8, 4) is 0 Å². The van der Waals surface area contributed by atoms with Gasteiger partial charge < -0.3 is 10.2 Å². The zero-order valence-electron chi connectivity index (χ0n) is 17.0. The second kappa shape index (κ2) is 11.4. The van der Waals surface area contributed by atoms with E-state index in [-0.39, 0.29) is 24.0 Å². The van der Waals surface area contributed by atoms with E-state index in [0.717, 1.165) is 31.0 Å². The van der Waals surface area contributed by atoms with E-state index in [1.807, 2.05) is 26.1 Å². The van der Waals surface area contributed by atoms with Crippen molar-refractivity contribution in [3.63, 3.8) is 0 Å². The average molecular weight is 515 g/mol. The van der Waals surface area contributed by atoms with Crippen LogP contribution in [0.1, 0.15) is 30.5 Å². The van der Waals surface area contributed by atoms with Crippen molar-refractivity contribution >= 4 is 39.8 Å². The molecule has 0 amide bonds. The van der Waals surface area contributed by atoms with Gasteiger partial charge in [-0.2, -0.15) is 0 Å². The van der Waals surface area contributed by atoms with Crippen LogP contribution in [0.15, 0.2) is 58.4 Å². The third-order valence-corrected chi connectivity index (χ3v) is 5.44. The van der Waals surface area contributed by atoms with E-state index in [1.54, 1.807) is 12.1 Å². The molecule has 0 aliphatic carbocycles. The molecule has 0 fully saturated rings. The summed E-state index contributed by atoms with van der Waals surface area (Å²) in [6.45, 7) is 6.24. The summed E-state index contributed by atoms with van der Waals surface area (Å²) in [5.41, 5.74) is 3.54. The van der Waals surface area contributed by atoms with E-state index >= 15 is 0 Å². The Bertz CT molecular complexity index is 864. The summed E-state index contributed by atoms with van der Waals surface area (Å²) >= 11 is 0. The van der Waals surface area contributed by atoms with Crippen molar-refractivity contribution in [2.45, 2.75) is 38.3 Å². The SMILES string of the molecule is CCNC(=NCc1ccc(S(C)(=O)=O)cc1)N(C)Cc1ccc(CC)cc1.I. The standard InChI is InChI=1S/C21H29N3O2S.HI/c1-5-17-7-9-19(10-8-17)16-24(3)21(22-6-2)23-15-18-11-13-20(14-12-18)27(4,25)26;/h7-14H,5-6,15-16H2,1-4H3,(H,22,23);1H. The number of aryl methyl sites for hydroxylation is 1. The Morgan fingerprint density at radius 1 is 0.964 bits per heavy atom. The van der Waals surface area contributed by atoms with Crippen LogP contribution in [0.25, 0.3) is 0 Å². The van der Waals surface area contributed by atoms with Crippen LogP contribution in [0.5, 0.6) is 0 Å². The van der Waals surface area contributed by atoms with Crippen molar-refractivity contribution in [2.75, 3.05) is 19.8 Å². The van der Waals surface area contributed by atoms with Crippen LogP contribution < -0.4 is 5.32 Å². The van der Waals surface area contributed by atoms with Crippen molar-refractivity contribution < 1.29 is 8.42 Å². The molecule has 2 rings (SSSR count). The van der Waals surface area contributed by atoms with E-state index < -0.39 is 9.84 Å². The van der Waals surface area contributed by atoms with Crippen molar-refractivity contribution in [1.82, 2.24) is 10.2 Å². The maximum Gasteiger partial charge on any atom is 0.194 e. The summed E-state index contributed by atoms with van der Waals surface area (Å²) in [7, 11) is -1.15. The van der Waals surface area contributed by atoms with Crippen molar-refractivity contribution in [3.05, 3.63) is 65.2 Å². The number of halogens is 1. The summed E-state index contributed by atoms with van der Waals surface area (Å²) in [6, 6.07) is 15.5. The highest BCUT2D eigenvalue weighted by Crippen LogP contribution is 2.12. The molecule has 2 aromatic carbocycles. The Morgan fingerprint density at radius 3 is 2.00 bits per heavy atom. The van der Waals surface area contributed by atoms with E-state index in [4.69, 9.17) is 0 Å². The smallest absolute Gasteiger partial charge is 0.194 e. The minimum Gasteiger partial charge on any atom is -0.357 e. The second-order valence-corrected chi connectivity index (χ2v) is 8.63.